The topological polar surface area (TPSA) is 95.5 Å². The molecule has 1 aliphatic carbocycles. The molecule has 266 valence electrons. The van der Waals surface area contributed by atoms with Gasteiger partial charge in [0.2, 0.25) is 0 Å². The van der Waals surface area contributed by atoms with Crippen LogP contribution in [0.4, 0.5) is 14.5 Å². The lowest BCUT2D eigenvalue weighted by atomic mass is 9.94. The molecule has 0 amide bonds. The Morgan fingerprint density at radius 1 is 0.980 bits per heavy atom. The van der Waals surface area contributed by atoms with E-state index in [1.807, 2.05) is 26.0 Å². The van der Waals surface area contributed by atoms with Crippen molar-refractivity contribution in [3.63, 3.8) is 0 Å². The number of rotatable bonds is 14. The molecule has 13 heteroatoms. The number of benzene rings is 2. The highest BCUT2D eigenvalue weighted by Crippen LogP contribution is 2.31. The van der Waals surface area contributed by atoms with E-state index in [0.29, 0.717) is 6.61 Å². The molecule has 0 N–H and O–H groups in total. The Hall–Kier alpha value is -4.78. The normalized spacial score (nSPS) is 18.8. The van der Waals surface area contributed by atoms with Crippen LogP contribution >= 0.6 is 0 Å². The SMILES string of the molecule is CCC(C)n1cnn(C2C=CC(N3CCN(c4ccc(OCC(C)COC(C)(Cn5cncn5)c5ccc(F)cc5F)cc4)CC3)=CC2)c1=O. The van der Waals surface area contributed by atoms with E-state index in [9.17, 15) is 13.6 Å². The third-order valence-electron chi connectivity index (χ3n) is 9.65. The highest BCUT2D eigenvalue weighted by Gasteiger charge is 2.33. The van der Waals surface area contributed by atoms with Gasteiger partial charge in [-0.15, -0.1) is 0 Å². The van der Waals surface area contributed by atoms with Gasteiger partial charge in [0.1, 0.15) is 42.0 Å². The van der Waals surface area contributed by atoms with Gasteiger partial charge in [-0.25, -0.2) is 27.9 Å². The Morgan fingerprint density at radius 3 is 2.40 bits per heavy atom. The zero-order chi connectivity index (χ0) is 35.3. The van der Waals surface area contributed by atoms with Crippen LogP contribution in [-0.2, 0) is 16.9 Å². The van der Waals surface area contributed by atoms with E-state index in [1.165, 1.54) is 30.5 Å². The van der Waals surface area contributed by atoms with Crippen molar-refractivity contribution < 1.29 is 18.3 Å². The van der Waals surface area contributed by atoms with Crippen molar-refractivity contribution in [3.05, 3.63) is 113 Å². The van der Waals surface area contributed by atoms with Crippen LogP contribution < -0.4 is 15.3 Å². The summed E-state index contributed by atoms with van der Waals surface area (Å²) in [6.45, 7) is 12.4. The maximum atomic E-state index is 14.8. The molecule has 6 rings (SSSR count). The van der Waals surface area contributed by atoms with Gasteiger partial charge in [-0.2, -0.15) is 10.2 Å². The highest BCUT2D eigenvalue weighted by atomic mass is 19.1. The number of anilines is 1. The van der Waals surface area contributed by atoms with Gasteiger partial charge in [0.25, 0.3) is 0 Å². The first-order valence-corrected chi connectivity index (χ1v) is 17.3. The van der Waals surface area contributed by atoms with E-state index in [0.717, 1.165) is 56.5 Å². The van der Waals surface area contributed by atoms with Gasteiger partial charge in [0.05, 0.1) is 25.8 Å². The molecule has 1 fully saturated rings. The van der Waals surface area contributed by atoms with Crippen LogP contribution in [0.2, 0.25) is 0 Å². The first-order valence-electron chi connectivity index (χ1n) is 17.3. The second kappa shape index (κ2) is 15.4. The Labute approximate surface area is 291 Å². The molecular weight excluding hydrogens is 642 g/mol. The van der Waals surface area contributed by atoms with Crippen molar-refractivity contribution in [1.29, 1.82) is 0 Å². The first kappa shape index (κ1) is 35.1. The van der Waals surface area contributed by atoms with Crippen molar-refractivity contribution in [1.82, 2.24) is 34.0 Å². The summed E-state index contributed by atoms with van der Waals surface area (Å²) in [6.07, 6.45) is 12.6. The molecule has 0 bridgehead atoms. The minimum Gasteiger partial charge on any atom is -0.493 e. The number of allylic oxidation sites excluding steroid dienone is 3. The fourth-order valence-corrected chi connectivity index (χ4v) is 6.41. The standard InChI is InChI=1S/C37H46F2N8O3/c1-5-28(3)46-26-42-47(36(46)48)32-9-7-30(8-10-32)43-16-18-44(19-17-43)31-11-13-33(14-12-31)49-21-27(2)22-50-37(4,23-45-25-40-24-41-45)34-15-6-29(38)20-35(34)39/h6-9,11-15,20,24-28,32H,5,10,16-19,21-23H2,1-4H3. The Morgan fingerprint density at radius 2 is 1.74 bits per heavy atom. The van der Waals surface area contributed by atoms with Crippen LogP contribution in [0.1, 0.15) is 58.2 Å². The maximum Gasteiger partial charge on any atom is 0.346 e. The molecule has 0 saturated carbocycles. The fraction of sp³-hybridized carbons (Fsp3) is 0.459. The Balaban J connectivity index is 0.967. The van der Waals surface area contributed by atoms with E-state index in [4.69, 9.17) is 9.47 Å². The first-order chi connectivity index (χ1) is 24.1. The van der Waals surface area contributed by atoms with E-state index >= 15 is 0 Å². The molecule has 3 heterocycles. The quantitative estimate of drug-likeness (QED) is 0.166. The summed E-state index contributed by atoms with van der Waals surface area (Å²) in [5, 5.41) is 8.53. The minimum absolute atomic E-state index is 0.0113. The van der Waals surface area contributed by atoms with Crippen molar-refractivity contribution in [2.45, 2.75) is 64.8 Å². The molecule has 4 atom stereocenters. The molecule has 50 heavy (non-hydrogen) atoms. The number of ether oxygens (including phenoxy) is 2. The molecule has 0 radical (unpaired) electrons. The molecule has 4 unspecified atom stereocenters. The summed E-state index contributed by atoms with van der Waals surface area (Å²) in [7, 11) is 0. The molecule has 4 aromatic rings. The number of piperazine rings is 1. The molecule has 1 saturated heterocycles. The average Bonchev–Trinajstić information content (AvgIpc) is 3.79. The van der Waals surface area contributed by atoms with E-state index in [1.54, 1.807) is 27.2 Å². The smallest absolute Gasteiger partial charge is 0.346 e. The summed E-state index contributed by atoms with van der Waals surface area (Å²) in [4.78, 5) is 21.6. The van der Waals surface area contributed by atoms with Crippen LogP contribution in [0.5, 0.6) is 5.75 Å². The summed E-state index contributed by atoms with van der Waals surface area (Å²) < 4.78 is 45.7. The predicted molar refractivity (Wildman–Crippen MR) is 187 cm³/mol. The molecule has 2 aromatic carbocycles. The lowest BCUT2D eigenvalue weighted by Crippen LogP contribution is -2.45. The van der Waals surface area contributed by atoms with Gasteiger partial charge in [-0.05, 0) is 63.1 Å². The van der Waals surface area contributed by atoms with Crippen LogP contribution in [0.15, 0.2) is 90.2 Å². The highest BCUT2D eigenvalue weighted by molar-refractivity contribution is 5.49. The average molecular weight is 689 g/mol. The van der Waals surface area contributed by atoms with E-state index in [-0.39, 0.29) is 42.4 Å². The maximum absolute atomic E-state index is 14.8. The van der Waals surface area contributed by atoms with E-state index < -0.39 is 17.2 Å². The number of nitrogens with zero attached hydrogens (tertiary/aromatic N) is 8. The third kappa shape index (κ3) is 7.99. The zero-order valence-corrected chi connectivity index (χ0v) is 29.2. The molecule has 2 aromatic heterocycles. The Kier molecular flexibility index (Phi) is 10.8. The lowest BCUT2D eigenvalue weighted by Gasteiger charge is -2.38. The largest absolute Gasteiger partial charge is 0.493 e. The summed E-state index contributed by atoms with van der Waals surface area (Å²) >= 11 is 0. The van der Waals surface area contributed by atoms with Gasteiger partial charge in [0, 0.05) is 61.2 Å². The summed E-state index contributed by atoms with van der Waals surface area (Å²) in [5.74, 6) is -0.567. The summed E-state index contributed by atoms with van der Waals surface area (Å²) in [6, 6.07) is 11.7. The monoisotopic (exact) mass is 688 g/mol. The van der Waals surface area contributed by atoms with Gasteiger partial charge >= 0.3 is 5.69 Å². The second-order valence-electron chi connectivity index (χ2n) is 13.5. The van der Waals surface area contributed by atoms with Crippen molar-refractivity contribution >= 4 is 5.69 Å². The fourth-order valence-electron chi connectivity index (χ4n) is 6.41. The number of hydrogen-bond donors (Lipinski definition) is 0. The predicted octanol–water partition coefficient (Wildman–Crippen LogP) is 5.74. The van der Waals surface area contributed by atoms with Gasteiger partial charge in [-0.3, -0.25) is 4.57 Å². The summed E-state index contributed by atoms with van der Waals surface area (Å²) in [5.41, 5.74) is 1.43. The van der Waals surface area contributed by atoms with Gasteiger partial charge < -0.3 is 19.3 Å². The van der Waals surface area contributed by atoms with Crippen LogP contribution in [0, 0.1) is 17.6 Å². The van der Waals surface area contributed by atoms with Crippen LogP contribution in [0.3, 0.4) is 0 Å². The molecular formula is C37H46F2N8O3. The van der Waals surface area contributed by atoms with Gasteiger partial charge in [0.15, 0.2) is 0 Å². The lowest BCUT2D eigenvalue weighted by molar-refractivity contribution is -0.0705. The van der Waals surface area contributed by atoms with Crippen LogP contribution in [-0.4, -0.2) is 73.4 Å². The number of hydrogen-bond acceptors (Lipinski definition) is 8. The molecule has 0 spiro atoms. The van der Waals surface area contributed by atoms with Gasteiger partial charge in [-0.1, -0.05) is 32.1 Å². The second-order valence-corrected chi connectivity index (χ2v) is 13.5. The number of halogens is 2. The van der Waals surface area contributed by atoms with Crippen LogP contribution in [0.25, 0.3) is 0 Å². The molecule has 1 aliphatic heterocycles. The van der Waals surface area contributed by atoms with Crippen molar-refractivity contribution in [2.75, 3.05) is 44.3 Å². The molecule has 11 nitrogen and oxygen atoms in total. The zero-order valence-electron chi connectivity index (χ0n) is 29.2. The van der Waals surface area contributed by atoms with Crippen molar-refractivity contribution in [2.24, 2.45) is 5.92 Å². The number of aromatic nitrogens is 6. The van der Waals surface area contributed by atoms with E-state index in [2.05, 4.69) is 62.3 Å². The Bertz CT molecular complexity index is 1830. The van der Waals surface area contributed by atoms with Crippen molar-refractivity contribution in [3.8, 4) is 5.75 Å². The minimum atomic E-state index is -1.10. The third-order valence-corrected chi connectivity index (χ3v) is 9.65. The molecule has 2 aliphatic rings.